The van der Waals surface area contributed by atoms with Crippen molar-refractivity contribution in [2.75, 3.05) is 0 Å². The number of para-hydroxylation sites is 1. The van der Waals surface area contributed by atoms with Crippen molar-refractivity contribution < 1.29 is 13.7 Å². The quantitative estimate of drug-likeness (QED) is 0.730. The van der Waals surface area contributed by atoms with E-state index < -0.39 is 0 Å². The van der Waals surface area contributed by atoms with Crippen LogP contribution in [0.3, 0.4) is 0 Å². The minimum Gasteiger partial charge on any atom is -0.478 e. The first-order valence-electron chi connectivity index (χ1n) is 6.72. The van der Waals surface area contributed by atoms with Crippen LogP contribution in [0.5, 0.6) is 5.75 Å². The summed E-state index contributed by atoms with van der Waals surface area (Å²) in [6, 6.07) is 9.34. The van der Waals surface area contributed by atoms with E-state index in [2.05, 4.69) is 10.1 Å². The maximum absolute atomic E-state index is 9.13. The molecule has 0 N–H and O–H groups in total. The number of aromatic nitrogens is 2. The Morgan fingerprint density at radius 3 is 3.00 bits per heavy atom. The summed E-state index contributed by atoms with van der Waals surface area (Å²) < 4.78 is 16.3. The molecule has 2 heterocycles. The molecule has 0 bridgehead atoms. The van der Waals surface area contributed by atoms with Crippen molar-refractivity contribution in [3.8, 4) is 11.8 Å². The highest BCUT2D eigenvalue weighted by Crippen LogP contribution is 2.38. The van der Waals surface area contributed by atoms with E-state index in [1.54, 1.807) is 6.07 Å². The van der Waals surface area contributed by atoms with Crippen LogP contribution in [0, 0.1) is 11.3 Å². The Kier molecular flexibility index (Phi) is 2.64. The fourth-order valence-electron chi connectivity index (χ4n) is 2.21. The van der Waals surface area contributed by atoms with Gasteiger partial charge in [0.15, 0.2) is 18.2 Å². The number of furan rings is 1. The predicted molar refractivity (Wildman–Crippen MR) is 71.5 cm³/mol. The molecule has 1 aromatic carbocycles. The molecule has 0 aliphatic heterocycles. The van der Waals surface area contributed by atoms with E-state index in [0.29, 0.717) is 23.1 Å². The predicted octanol–water partition coefficient (Wildman–Crippen LogP) is 3.14. The fraction of sp³-hybridized carbons (Fsp3) is 0.267. The molecule has 0 radical (unpaired) electrons. The van der Waals surface area contributed by atoms with Gasteiger partial charge in [-0.1, -0.05) is 17.3 Å². The molecule has 1 aliphatic carbocycles. The van der Waals surface area contributed by atoms with Crippen molar-refractivity contribution in [3.63, 3.8) is 0 Å². The molecule has 1 fully saturated rings. The minimum atomic E-state index is 0.123. The van der Waals surface area contributed by atoms with Gasteiger partial charge >= 0.3 is 0 Å². The van der Waals surface area contributed by atoms with E-state index in [-0.39, 0.29) is 12.4 Å². The van der Waals surface area contributed by atoms with Crippen molar-refractivity contribution in [2.45, 2.75) is 25.4 Å². The Bertz CT molecular complexity index is 839. The van der Waals surface area contributed by atoms with Crippen LogP contribution < -0.4 is 4.74 Å². The van der Waals surface area contributed by atoms with Gasteiger partial charge in [0.2, 0.25) is 5.76 Å². The van der Waals surface area contributed by atoms with Gasteiger partial charge in [-0.3, -0.25) is 0 Å². The number of hydrogen-bond acceptors (Lipinski definition) is 6. The maximum atomic E-state index is 9.13. The smallest absolute Gasteiger partial charge is 0.264 e. The van der Waals surface area contributed by atoms with Gasteiger partial charge in [0.05, 0.1) is 5.39 Å². The Balaban J connectivity index is 1.59. The summed E-state index contributed by atoms with van der Waals surface area (Å²) in [4.78, 5) is 4.29. The topological polar surface area (TPSA) is 85.1 Å². The number of nitriles is 1. The maximum Gasteiger partial charge on any atom is 0.264 e. The summed E-state index contributed by atoms with van der Waals surface area (Å²) in [6.45, 7) is 0.123. The number of hydrogen-bond donors (Lipinski definition) is 0. The molecule has 3 aromatic rings. The fourth-order valence-corrected chi connectivity index (χ4v) is 2.21. The van der Waals surface area contributed by atoms with E-state index in [9.17, 15) is 0 Å². The molecular formula is C15H11N3O3. The third-order valence-corrected chi connectivity index (χ3v) is 3.42. The van der Waals surface area contributed by atoms with Crippen molar-refractivity contribution in [2.24, 2.45) is 0 Å². The van der Waals surface area contributed by atoms with Crippen molar-refractivity contribution in [3.05, 3.63) is 41.7 Å². The molecule has 0 atom stereocenters. The Morgan fingerprint density at radius 1 is 1.33 bits per heavy atom. The molecule has 2 aromatic heterocycles. The lowest BCUT2D eigenvalue weighted by molar-refractivity contribution is 0.241. The molecule has 1 aliphatic rings. The van der Waals surface area contributed by atoms with Gasteiger partial charge in [-0.05, 0) is 25.0 Å². The van der Waals surface area contributed by atoms with Crippen LogP contribution in [-0.2, 0) is 6.61 Å². The number of ether oxygens (including phenoxy) is 1. The number of nitrogens with zero attached hydrogens (tertiary/aromatic N) is 3. The van der Waals surface area contributed by atoms with Crippen LogP contribution in [0.25, 0.3) is 11.0 Å². The van der Waals surface area contributed by atoms with Gasteiger partial charge in [-0.25, -0.2) is 0 Å². The van der Waals surface area contributed by atoms with Crippen molar-refractivity contribution in [1.29, 1.82) is 5.26 Å². The van der Waals surface area contributed by atoms with E-state index in [1.165, 1.54) is 0 Å². The second-order valence-electron chi connectivity index (χ2n) is 4.98. The first-order chi connectivity index (χ1) is 10.3. The van der Waals surface area contributed by atoms with Gasteiger partial charge in [-0.2, -0.15) is 10.2 Å². The molecule has 6 heteroatoms. The third kappa shape index (κ3) is 2.13. The Hall–Kier alpha value is -2.81. The van der Waals surface area contributed by atoms with Crippen LogP contribution in [0.2, 0.25) is 0 Å². The summed E-state index contributed by atoms with van der Waals surface area (Å²) in [6.07, 6.45) is 2.23. The summed E-state index contributed by atoms with van der Waals surface area (Å²) in [5.41, 5.74) is 0.619. The first kappa shape index (κ1) is 12.0. The van der Waals surface area contributed by atoms with Gasteiger partial charge in [0.25, 0.3) is 5.89 Å². The lowest BCUT2D eigenvalue weighted by atomic mass is 10.2. The standard InChI is InChI=1S/C15H11N3O3/c16-7-12-14(10-3-1-2-4-11(10)20-12)19-8-13-17-15(18-21-13)9-5-6-9/h1-4,9H,5-6,8H2. The number of fused-ring (bicyclic) bond motifs is 1. The minimum absolute atomic E-state index is 0.123. The highest BCUT2D eigenvalue weighted by Gasteiger charge is 2.29. The van der Waals surface area contributed by atoms with Crippen LogP contribution in [-0.4, -0.2) is 10.1 Å². The summed E-state index contributed by atoms with van der Waals surface area (Å²) >= 11 is 0. The van der Waals surface area contributed by atoms with E-state index >= 15 is 0 Å². The number of rotatable bonds is 4. The second kappa shape index (κ2) is 4.63. The molecule has 104 valence electrons. The van der Waals surface area contributed by atoms with Gasteiger partial charge in [0, 0.05) is 5.92 Å². The zero-order chi connectivity index (χ0) is 14.2. The third-order valence-electron chi connectivity index (χ3n) is 3.42. The van der Waals surface area contributed by atoms with Crippen LogP contribution >= 0.6 is 0 Å². The van der Waals surface area contributed by atoms with Gasteiger partial charge < -0.3 is 13.7 Å². The lowest BCUT2D eigenvalue weighted by Crippen LogP contribution is -1.96. The molecule has 0 saturated heterocycles. The van der Waals surface area contributed by atoms with Crippen molar-refractivity contribution >= 4 is 11.0 Å². The molecule has 0 spiro atoms. The second-order valence-corrected chi connectivity index (χ2v) is 4.98. The van der Waals surface area contributed by atoms with Crippen LogP contribution in [0.15, 0.2) is 33.2 Å². The van der Waals surface area contributed by atoms with Gasteiger partial charge in [-0.15, -0.1) is 0 Å². The zero-order valence-electron chi connectivity index (χ0n) is 11.1. The summed E-state index contributed by atoms with van der Waals surface area (Å²) in [7, 11) is 0. The van der Waals surface area contributed by atoms with Crippen molar-refractivity contribution in [1.82, 2.24) is 10.1 Å². The monoisotopic (exact) mass is 281 g/mol. The molecule has 4 rings (SSSR count). The highest BCUT2D eigenvalue weighted by atomic mass is 16.5. The summed E-state index contributed by atoms with van der Waals surface area (Å²) in [5.74, 6) is 2.15. The Labute approximate surface area is 119 Å². The van der Waals surface area contributed by atoms with Crippen LogP contribution in [0.4, 0.5) is 0 Å². The lowest BCUT2D eigenvalue weighted by Gasteiger charge is -2.00. The highest BCUT2D eigenvalue weighted by molar-refractivity contribution is 5.86. The average Bonchev–Trinajstić information content (AvgIpc) is 3.15. The molecule has 0 amide bonds. The molecular weight excluding hydrogens is 270 g/mol. The van der Waals surface area contributed by atoms with Gasteiger partial charge in [0.1, 0.15) is 11.7 Å². The summed E-state index contributed by atoms with van der Waals surface area (Å²) in [5, 5.41) is 13.8. The SMILES string of the molecule is N#Cc1oc2ccccc2c1OCc1nc(C2CC2)no1. The largest absolute Gasteiger partial charge is 0.478 e. The first-order valence-corrected chi connectivity index (χ1v) is 6.72. The average molecular weight is 281 g/mol. The normalized spacial score (nSPS) is 14.2. The molecule has 1 saturated carbocycles. The van der Waals surface area contributed by atoms with E-state index in [4.69, 9.17) is 18.9 Å². The molecule has 21 heavy (non-hydrogen) atoms. The van der Waals surface area contributed by atoms with Crippen LogP contribution in [0.1, 0.15) is 36.2 Å². The number of benzene rings is 1. The molecule has 0 unspecified atom stereocenters. The molecule has 6 nitrogen and oxygen atoms in total. The van der Waals surface area contributed by atoms with E-state index in [0.717, 1.165) is 24.1 Å². The zero-order valence-corrected chi connectivity index (χ0v) is 11.1. The van der Waals surface area contributed by atoms with E-state index in [1.807, 2.05) is 24.3 Å². The Morgan fingerprint density at radius 2 is 2.19 bits per heavy atom.